The molecular formula is C17H13N2O3S2-. The van der Waals surface area contributed by atoms with E-state index in [2.05, 4.69) is 4.98 Å². The van der Waals surface area contributed by atoms with Crippen molar-refractivity contribution in [3.05, 3.63) is 47.0 Å². The molecule has 0 atom stereocenters. The van der Waals surface area contributed by atoms with E-state index < -0.39 is 5.97 Å². The molecule has 24 heavy (non-hydrogen) atoms. The molecule has 1 aliphatic rings. The maximum absolute atomic E-state index is 12.5. The van der Waals surface area contributed by atoms with E-state index in [-0.39, 0.29) is 18.9 Å². The van der Waals surface area contributed by atoms with Crippen molar-refractivity contribution in [3.8, 4) is 0 Å². The third-order valence-electron chi connectivity index (χ3n) is 3.59. The lowest BCUT2D eigenvalue weighted by Gasteiger charge is -2.14. The number of nitrogens with zero attached hydrogens (tertiary/aromatic N) is 2. The topological polar surface area (TPSA) is 73.3 Å². The molecule has 0 bridgehead atoms. The molecule has 0 aliphatic carbocycles. The van der Waals surface area contributed by atoms with Crippen molar-refractivity contribution in [3.63, 3.8) is 0 Å². The van der Waals surface area contributed by atoms with Crippen LogP contribution in [-0.2, 0) is 9.59 Å². The second-order valence-corrected chi connectivity index (χ2v) is 6.91. The van der Waals surface area contributed by atoms with Crippen LogP contribution in [0.2, 0.25) is 0 Å². The molecule has 5 nitrogen and oxygen atoms in total. The minimum absolute atomic E-state index is 0.0939. The van der Waals surface area contributed by atoms with Gasteiger partial charge in [0.25, 0.3) is 5.91 Å². The Hall–Kier alpha value is -2.25. The summed E-state index contributed by atoms with van der Waals surface area (Å²) in [6.07, 6.45) is 3.72. The van der Waals surface area contributed by atoms with Crippen LogP contribution >= 0.6 is 24.0 Å². The molecule has 1 aromatic heterocycles. The summed E-state index contributed by atoms with van der Waals surface area (Å²) in [5.74, 6) is -1.32. The predicted molar refractivity (Wildman–Crippen MR) is 95.9 cm³/mol. The number of aliphatic carboxylic acids is 1. The van der Waals surface area contributed by atoms with Gasteiger partial charge in [-0.1, -0.05) is 48.2 Å². The van der Waals surface area contributed by atoms with Gasteiger partial charge in [0.1, 0.15) is 4.32 Å². The molecule has 122 valence electrons. The number of hydrogen-bond acceptors (Lipinski definition) is 6. The molecule has 2 aromatic rings. The van der Waals surface area contributed by atoms with Crippen molar-refractivity contribution >= 4 is 57.2 Å². The first-order valence-electron chi connectivity index (χ1n) is 7.35. The van der Waals surface area contributed by atoms with E-state index in [1.54, 1.807) is 12.3 Å². The zero-order valence-electron chi connectivity index (χ0n) is 12.6. The lowest BCUT2D eigenvalue weighted by molar-refractivity contribution is -0.305. The van der Waals surface area contributed by atoms with Gasteiger partial charge in [-0.2, -0.15) is 0 Å². The Morgan fingerprint density at radius 2 is 2.12 bits per heavy atom. The average molecular weight is 357 g/mol. The summed E-state index contributed by atoms with van der Waals surface area (Å²) >= 11 is 6.46. The maximum Gasteiger partial charge on any atom is 0.266 e. The van der Waals surface area contributed by atoms with Crippen molar-refractivity contribution in [1.29, 1.82) is 0 Å². The summed E-state index contributed by atoms with van der Waals surface area (Å²) < 4.78 is 0.442. The number of aromatic nitrogens is 1. The number of fused-ring (bicyclic) bond motifs is 1. The second kappa shape index (κ2) is 7.11. The Morgan fingerprint density at radius 3 is 2.92 bits per heavy atom. The molecule has 1 aromatic carbocycles. The van der Waals surface area contributed by atoms with Crippen molar-refractivity contribution in [2.75, 3.05) is 6.54 Å². The second-order valence-electron chi connectivity index (χ2n) is 5.23. The highest BCUT2D eigenvalue weighted by Crippen LogP contribution is 2.33. The van der Waals surface area contributed by atoms with Gasteiger partial charge in [-0.15, -0.1) is 0 Å². The Kier molecular flexibility index (Phi) is 4.92. The van der Waals surface area contributed by atoms with E-state index in [1.165, 1.54) is 16.7 Å². The number of amides is 1. The molecule has 0 unspecified atom stereocenters. The number of carboxylic acid groups (broad SMARTS) is 1. The molecular weight excluding hydrogens is 344 g/mol. The fourth-order valence-electron chi connectivity index (χ4n) is 2.46. The number of carboxylic acids is 1. The van der Waals surface area contributed by atoms with Gasteiger partial charge < -0.3 is 9.90 Å². The van der Waals surface area contributed by atoms with Gasteiger partial charge in [-0.05, 0) is 25.0 Å². The van der Waals surface area contributed by atoms with Gasteiger partial charge in [0.15, 0.2) is 0 Å². The van der Waals surface area contributed by atoms with Crippen LogP contribution < -0.4 is 5.11 Å². The van der Waals surface area contributed by atoms with E-state index in [1.807, 2.05) is 30.3 Å². The van der Waals surface area contributed by atoms with Crippen molar-refractivity contribution in [2.45, 2.75) is 12.8 Å². The molecule has 1 aliphatic heterocycles. The number of para-hydroxylation sites is 1. The number of thiocarbonyl (C=S) groups is 1. The van der Waals surface area contributed by atoms with Crippen molar-refractivity contribution in [2.24, 2.45) is 0 Å². The molecule has 7 heteroatoms. The van der Waals surface area contributed by atoms with Gasteiger partial charge in [-0.3, -0.25) is 14.7 Å². The lowest BCUT2D eigenvalue weighted by Crippen LogP contribution is -2.30. The van der Waals surface area contributed by atoms with Crippen LogP contribution in [0.25, 0.3) is 17.0 Å². The Bertz CT molecular complexity index is 859. The van der Waals surface area contributed by atoms with E-state index in [0.717, 1.165) is 16.5 Å². The Balaban J connectivity index is 1.84. The zero-order chi connectivity index (χ0) is 17.1. The molecule has 0 radical (unpaired) electrons. The summed E-state index contributed by atoms with van der Waals surface area (Å²) in [4.78, 5) is 29.3. The molecule has 1 saturated heterocycles. The molecule has 1 fully saturated rings. The highest BCUT2D eigenvalue weighted by atomic mass is 32.2. The highest BCUT2D eigenvalue weighted by molar-refractivity contribution is 8.26. The number of thioether (sulfide) groups is 1. The van der Waals surface area contributed by atoms with E-state index in [4.69, 9.17) is 12.2 Å². The zero-order valence-corrected chi connectivity index (χ0v) is 14.2. The van der Waals surface area contributed by atoms with Crippen LogP contribution in [0.15, 0.2) is 41.4 Å². The quantitative estimate of drug-likeness (QED) is 0.602. The van der Waals surface area contributed by atoms with E-state index in [0.29, 0.717) is 15.6 Å². The monoisotopic (exact) mass is 357 g/mol. The van der Waals surface area contributed by atoms with Crippen molar-refractivity contribution < 1.29 is 14.7 Å². The third kappa shape index (κ3) is 3.47. The van der Waals surface area contributed by atoms with Crippen LogP contribution in [0, 0.1) is 0 Å². The fraction of sp³-hybridized carbons (Fsp3) is 0.176. The first kappa shape index (κ1) is 16.6. The average Bonchev–Trinajstić information content (AvgIpc) is 2.82. The van der Waals surface area contributed by atoms with Gasteiger partial charge in [0.2, 0.25) is 0 Å². The number of carbonyl (C=O) groups excluding carboxylic acids is 2. The number of carbonyl (C=O) groups is 2. The first-order valence-corrected chi connectivity index (χ1v) is 8.57. The molecule has 0 N–H and O–H groups in total. The van der Waals surface area contributed by atoms with Gasteiger partial charge in [-0.25, -0.2) is 0 Å². The summed E-state index contributed by atoms with van der Waals surface area (Å²) in [6, 6.07) is 9.60. The van der Waals surface area contributed by atoms with E-state index >= 15 is 0 Å². The van der Waals surface area contributed by atoms with Crippen LogP contribution in [0.1, 0.15) is 18.4 Å². The van der Waals surface area contributed by atoms with Gasteiger partial charge >= 0.3 is 0 Å². The molecule has 2 heterocycles. The predicted octanol–water partition coefficient (Wildman–Crippen LogP) is 1.97. The standard InChI is InChI=1S/C17H14N2O3S2/c20-14(21)7-3-9-19-16(22)13(24-17(19)23)10-12-5-1-4-11-6-2-8-18-15(11)12/h1-2,4-6,8,10H,3,7,9H2,(H,20,21)/p-1/b13-10-. The first-order chi connectivity index (χ1) is 11.6. The minimum Gasteiger partial charge on any atom is -0.550 e. The summed E-state index contributed by atoms with van der Waals surface area (Å²) in [5.41, 5.74) is 1.67. The van der Waals surface area contributed by atoms with Crippen LogP contribution in [0.3, 0.4) is 0 Å². The molecule has 1 amide bonds. The third-order valence-corrected chi connectivity index (χ3v) is 4.96. The maximum atomic E-state index is 12.5. The van der Waals surface area contributed by atoms with Crippen molar-refractivity contribution in [1.82, 2.24) is 9.88 Å². The molecule has 0 spiro atoms. The summed E-state index contributed by atoms with van der Waals surface area (Å²) in [7, 11) is 0. The normalized spacial score (nSPS) is 16.3. The van der Waals surface area contributed by atoms with E-state index in [9.17, 15) is 14.7 Å². The van der Waals surface area contributed by atoms with Crippen LogP contribution in [0.4, 0.5) is 0 Å². The molecule has 0 saturated carbocycles. The SMILES string of the molecule is O=C([O-])CCCN1C(=O)/C(=C/c2cccc3cccnc23)SC1=S. The number of benzene rings is 1. The van der Waals surface area contributed by atoms with Gasteiger partial charge in [0.05, 0.1) is 10.4 Å². The smallest absolute Gasteiger partial charge is 0.266 e. The molecule has 3 rings (SSSR count). The van der Waals surface area contributed by atoms with Gasteiger partial charge in [0, 0.05) is 29.7 Å². The van der Waals surface area contributed by atoms with Crippen LogP contribution in [-0.4, -0.2) is 32.6 Å². The largest absolute Gasteiger partial charge is 0.550 e. The Labute approximate surface area is 148 Å². The number of pyridine rings is 1. The summed E-state index contributed by atoms with van der Waals surface area (Å²) in [6.45, 7) is 0.282. The fourth-order valence-corrected chi connectivity index (χ4v) is 3.76. The number of hydrogen-bond donors (Lipinski definition) is 0. The summed E-state index contributed by atoms with van der Waals surface area (Å²) in [5, 5.41) is 11.5. The highest BCUT2D eigenvalue weighted by Gasteiger charge is 2.31. The minimum atomic E-state index is -1.13. The lowest BCUT2D eigenvalue weighted by atomic mass is 10.1. The Morgan fingerprint density at radius 1 is 1.33 bits per heavy atom. The van der Waals surface area contributed by atoms with Crippen LogP contribution in [0.5, 0.6) is 0 Å². The number of rotatable bonds is 5.